The van der Waals surface area contributed by atoms with Crippen molar-refractivity contribution in [3.05, 3.63) is 35.4 Å². The van der Waals surface area contributed by atoms with Crippen molar-refractivity contribution >= 4 is 16.1 Å². The number of carboxylic acids is 1. The average Bonchev–Trinajstić information content (AvgIpc) is 2.14. The van der Waals surface area contributed by atoms with E-state index in [9.17, 15) is 13.2 Å². The van der Waals surface area contributed by atoms with Crippen LogP contribution in [0.2, 0.25) is 0 Å². The van der Waals surface area contributed by atoms with E-state index < -0.39 is 16.1 Å². The predicted octanol–water partition coefficient (Wildman–Crippen LogP) is 0.861. The molecule has 0 atom stereocenters. The van der Waals surface area contributed by atoms with E-state index in [-0.39, 0.29) is 12.2 Å². The minimum absolute atomic E-state index is 0.0427. The maximum Gasteiger partial charge on any atom is 0.336 e. The third-order valence-electron chi connectivity index (χ3n) is 1.68. The van der Waals surface area contributed by atoms with Gasteiger partial charge in [0.25, 0.3) is 10.1 Å². The molecule has 15 heavy (non-hydrogen) atoms. The fourth-order valence-electron chi connectivity index (χ4n) is 1.03. The molecule has 0 unspecified atom stereocenters. The first kappa shape index (κ1) is 11.7. The zero-order valence-corrected chi connectivity index (χ0v) is 8.82. The van der Waals surface area contributed by atoms with Crippen molar-refractivity contribution in [3.63, 3.8) is 0 Å². The van der Waals surface area contributed by atoms with E-state index in [0.29, 0.717) is 5.56 Å². The van der Waals surface area contributed by atoms with E-state index in [1.807, 2.05) is 0 Å². The molecule has 0 spiro atoms. The molecule has 0 bridgehead atoms. The smallest absolute Gasteiger partial charge is 0.336 e. The van der Waals surface area contributed by atoms with Crippen molar-refractivity contribution in [2.24, 2.45) is 0 Å². The van der Waals surface area contributed by atoms with Gasteiger partial charge in [0.15, 0.2) is 0 Å². The van der Waals surface area contributed by atoms with Crippen LogP contribution in [0.1, 0.15) is 15.9 Å². The minimum Gasteiger partial charge on any atom is -0.478 e. The molecule has 1 rings (SSSR count). The van der Waals surface area contributed by atoms with E-state index in [2.05, 4.69) is 4.18 Å². The van der Waals surface area contributed by atoms with Crippen LogP contribution in [-0.4, -0.2) is 25.7 Å². The largest absolute Gasteiger partial charge is 0.478 e. The summed E-state index contributed by atoms with van der Waals surface area (Å²) in [4.78, 5) is 10.7. The lowest BCUT2D eigenvalue weighted by molar-refractivity contribution is 0.0694. The third kappa shape index (κ3) is 3.69. The Hall–Kier alpha value is -1.40. The lowest BCUT2D eigenvalue weighted by Crippen LogP contribution is -2.07. The van der Waals surface area contributed by atoms with Crippen LogP contribution < -0.4 is 0 Å². The lowest BCUT2D eigenvalue weighted by Gasteiger charge is -2.04. The minimum atomic E-state index is -3.56. The molecule has 0 heterocycles. The summed E-state index contributed by atoms with van der Waals surface area (Å²) in [5.74, 6) is -1.11. The Morgan fingerprint density at radius 1 is 1.40 bits per heavy atom. The normalized spacial score (nSPS) is 11.3. The van der Waals surface area contributed by atoms with Crippen molar-refractivity contribution in [1.29, 1.82) is 0 Å². The summed E-state index contributed by atoms with van der Waals surface area (Å²) in [6.45, 7) is -0.263. The number of benzene rings is 1. The summed E-state index contributed by atoms with van der Waals surface area (Å²) < 4.78 is 25.9. The quantitative estimate of drug-likeness (QED) is 0.776. The van der Waals surface area contributed by atoms with Crippen molar-refractivity contribution in [3.8, 4) is 0 Å². The Bertz CT molecular complexity index is 463. The van der Waals surface area contributed by atoms with Gasteiger partial charge in [-0.1, -0.05) is 18.2 Å². The molecule has 0 aliphatic heterocycles. The van der Waals surface area contributed by atoms with Crippen LogP contribution in [0.15, 0.2) is 24.3 Å². The van der Waals surface area contributed by atoms with E-state index >= 15 is 0 Å². The van der Waals surface area contributed by atoms with E-state index in [4.69, 9.17) is 5.11 Å². The topological polar surface area (TPSA) is 80.7 Å². The molecule has 82 valence electrons. The summed E-state index contributed by atoms with van der Waals surface area (Å²) >= 11 is 0. The van der Waals surface area contributed by atoms with Crippen LogP contribution in [0.4, 0.5) is 0 Å². The Balaban J connectivity index is 2.90. The molecule has 1 aromatic rings. The zero-order valence-electron chi connectivity index (χ0n) is 8.00. The SMILES string of the molecule is CS(=O)(=O)OCc1ccccc1C(=O)O. The maximum atomic E-state index is 10.7. The Labute approximate surface area is 87.4 Å². The first-order chi connectivity index (χ1) is 6.90. The fraction of sp³-hybridized carbons (Fsp3) is 0.222. The first-order valence-electron chi connectivity index (χ1n) is 4.06. The molecule has 0 amide bonds. The van der Waals surface area contributed by atoms with Crippen molar-refractivity contribution < 1.29 is 22.5 Å². The van der Waals surface area contributed by atoms with Crippen LogP contribution in [0.5, 0.6) is 0 Å². The highest BCUT2D eigenvalue weighted by Crippen LogP contribution is 2.10. The molecule has 0 aliphatic rings. The highest BCUT2D eigenvalue weighted by atomic mass is 32.2. The average molecular weight is 230 g/mol. The van der Waals surface area contributed by atoms with E-state index in [0.717, 1.165) is 6.26 Å². The molecule has 5 nitrogen and oxygen atoms in total. The molecule has 0 saturated carbocycles. The second-order valence-electron chi connectivity index (χ2n) is 2.93. The summed E-state index contributed by atoms with van der Waals surface area (Å²) in [6.07, 6.45) is 0.913. The van der Waals surface area contributed by atoms with E-state index in [1.54, 1.807) is 12.1 Å². The Morgan fingerprint density at radius 2 is 2.00 bits per heavy atom. The highest BCUT2D eigenvalue weighted by molar-refractivity contribution is 7.85. The van der Waals surface area contributed by atoms with Gasteiger partial charge in [-0.25, -0.2) is 4.79 Å². The molecule has 6 heteroatoms. The fourth-order valence-corrected chi connectivity index (χ4v) is 1.37. The van der Waals surface area contributed by atoms with Gasteiger partial charge >= 0.3 is 5.97 Å². The maximum absolute atomic E-state index is 10.7. The molecule has 0 aromatic heterocycles. The molecule has 1 aromatic carbocycles. The van der Waals surface area contributed by atoms with Gasteiger partial charge in [-0.15, -0.1) is 0 Å². The second kappa shape index (κ2) is 4.41. The zero-order chi connectivity index (χ0) is 11.5. The molecular formula is C9H10O5S. The first-order valence-corrected chi connectivity index (χ1v) is 5.87. The summed E-state index contributed by atoms with van der Waals surface area (Å²) in [5, 5.41) is 8.79. The van der Waals surface area contributed by atoms with Gasteiger partial charge in [-0.3, -0.25) is 4.18 Å². The summed E-state index contributed by atoms with van der Waals surface area (Å²) in [6, 6.07) is 6.08. The van der Waals surface area contributed by atoms with Gasteiger partial charge in [0.2, 0.25) is 0 Å². The molecule has 0 fully saturated rings. The second-order valence-corrected chi connectivity index (χ2v) is 4.57. The molecular weight excluding hydrogens is 220 g/mol. The van der Waals surface area contributed by atoms with Crippen molar-refractivity contribution in [2.45, 2.75) is 6.61 Å². The van der Waals surface area contributed by atoms with Crippen LogP contribution in [0, 0.1) is 0 Å². The Morgan fingerprint density at radius 3 is 2.53 bits per heavy atom. The highest BCUT2D eigenvalue weighted by Gasteiger charge is 2.11. The third-order valence-corrected chi connectivity index (χ3v) is 2.22. The molecule has 0 aliphatic carbocycles. The van der Waals surface area contributed by atoms with Gasteiger partial charge in [-0.05, 0) is 11.6 Å². The number of hydrogen-bond donors (Lipinski definition) is 1. The van der Waals surface area contributed by atoms with Crippen LogP contribution in [-0.2, 0) is 20.9 Å². The van der Waals surface area contributed by atoms with Crippen LogP contribution in [0.25, 0.3) is 0 Å². The monoisotopic (exact) mass is 230 g/mol. The number of rotatable bonds is 4. The van der Waals surface area contributed by atoms with Gasteiger partial charge in [0.05, 0.1) is 18.4 Å². The van der Waals surface area contributed by atoms with Crippen LogP contribution >= 0.6 is 0 Å². The van der Waals surface area contributed by atoms with E-state index in [1.165, 1.54) is 12.1 Å². The summed E-state index contributed by atoms with van der Waals surface area (Å²) in [5.41, 5.74) is 0.372. The van der Waals surface area contributed by atoms with Gasteiger partial charge in [-0.2, -0.15) is 8.42 Å². The molecule has 1 N–H and O–H groups in total. The molecule has 0 saturated heterocycles. The molecule has 0 radical (unpaired) electrons. The number of aromatic carboxylic acids is 1. The standard InChI is InChI=1S/C9H10O5S/c1-15(12,13)14-6-7-4-2-3-5-8(7)9(10)11/h2-5H,6H2,1H3,(H,10,11). The van der Waals surface area contributed by atoms with Crippen molar-refractivity contribution in [2.75, 3.05) is 6.26 Å². The van der Waals surface area contributed by atoms with Crippen LogP contribution in [0.3, 0.4) is 0 Å². The van der Waals surface area contributed by atoms with Crippen molar-refractivity contribution in [1.82, 2.24) is 0 Å². The summed E-state index contributed by atoms with van der Waals surface area (Å²) in [7, 11) is -3.56. The number of hydrogen-bond acceptors (Lipinski definition) is 4. The predicted molar refractivity (Wildman–Crippen MR) is 53.0 cm³/mol. The number of carboxylic acid groups (broad SMARTS) is 1. The van der Waals surface area contributed by atoms with Gasteiger partial charge in [0.1, 0.15) is 0 Å². The lowest BCUT2D eigenvalue weighted by atomic mass is 10.1. The van der Waals surface area contributed by atoms with Gasteiger partial charge in [0, 0.05) is 0 Å². The Kier molecular flexibility index (Phi) is 3.43. The number of carbonyl (C=O) groups is 1. The van der Waals surface area contributed by atoms with Gasteiger partial charge < -0.3 is 5.11 Å².